The fourth-order valence-electron chi connectivity index (χ4n) is 4.75. The summed E-state index contributed by atoms with van der Waals surface area (Å²) in [6.07, 6.45) is 11.1. The Labute approximate surface area is 210 Å². The highest BCUT2D eigenvalue weighted by atomic mass is 79.9. The van der Waals surface area contributed by atoms with Gasteiger partial charge in [-0.05, 0) is 80.7 Å². The zero-order valence-electron chi connectivity index (χ0n) is 19.6. The maximum absolute atomic E-state index is 4.42. The summed E-state index contributed by atoms with van der Waals surface area (Å²) >= 11 is 3.44. The molecular weight excluding hydrogens is 486 g/mol. The molecule has 0 atom stereocenters. The van der Waals surface area contributed by atoms with Crippen molar-refractivity contribution in [1.29, 1.82) is 0 Å². The summed E-state index contributed by atoms with van der Waals surface area (Å²) in [6, 6.07) is 19.3. The lowest BCUT2D eigenvalue weighted by atomic mass is 10.1. The van der Waals surface area contributed by atoms with Gasteiger partial charge in [-0.2, -0.15) is 5.10 Å². The van der Waals surface area contributed by atoms with Gasteiger partial charge in [0.05, 0.1) is 6.20 Å². The van der Waals surface area contributed by atoms with Gasteiger partial charge in [0.25, 0.3) is 0 Å². The predicted octanol–water partition coefficient (Wildman–Crippen LogP) is 6.04. The predicted molar refractivity (Wildman–Crippen MR) is 142 cm³/mol. The highest BCUT2D eigenvalue weighted by Gasteiger charge is 2.12. The molecule has 2 aliphatic rings. The molecule has 34 heavy (non-hydrogen) atoms. The fraction of sp³-hybridized carbons (Fsp3) is 0.357. The van der Waals surface area contributed by atoms with Crippen LogP contribution in [-0.2, 0) is 13.1 Å². The van der Waals surface area contributed by atoms with Gasteiger partial charge in [-0.25, -0.2) is 9.50 Å². The van der Waals surface area contributed by atoms with Crippen molar-refractivity contribution in [3.63, 3.8) is 0 Å². The van der Waals surface area contributed by atoms with E-state index in [9.17, 15) is 0 Å². The van der Waals surface area contributed by atoms with E-state index in [1.807, 2.05) is 23.0 Å². The normalized spacial score (nSPS) is 16.6. The smallest absolute Gasteiger partial charge is 0.154 e. The molecule has 5 nitrogen and oxygen atoms in total. The molecule has 0 radical (unpaired) electrons. The second kappa shape index (κ2) is 11.3. The molecule has 2 aliphatic heterocycles. The summed E-state index contributed by atoms with van der Waals surface area (Å²) in [5.74, 6) is 0. The first kappa shape index (κ1) is 23.2. The minimum absolute atomic E-state index is 0.879. The molecule has 2 fully saturated rings. The molecule has 0 aliphatic carbocycles. The Morgan fingerprint density at radius 1 is 0.676 bits per heavy atom. The van der Waals surface area contributed by atoms with Gasteiger partial charge in [0.1, 0.15) is 0 Å². The number of fused-ring (bicyclic) bond motifs is 1. The lowest BCUT2D eigenvalue weighted by Crippen LogP contribution is -2.18. The van der Waals surface area contributed by atoms with Crippen LogP contribution in [0.5, 0.6) is 0 Å². The molecule has 0 saturated carbocycles. The fourth-order valence-corrected chi connectivity index (χ4v) is 5.01. The second-order valence-electron chi connectivity index (χ2n) is 9.27. The minimum atomic E-state index is 0.879. The Hall–Kier alpha value is -2.54. The van der Waals surface area contributed by atoms with E-state index in [2.05, 4.69) is 84.3 Å². The maximum atomic E-state index is 4.42. The van der Waals surface area contributed by atoms with E-state index in [0.717, 1.165) is 28.8 Å². The highest BCUT2D eigenvalue weighted by Crippen LogP contribution is 2.21. The SMILES string of the molecule is Brc1ccc(CN2CCCC2)cc1.c1cc2ncc(-c3ccc(CN4CCCC4)cc3)cn2n1. The Bertz CT molecular complexity index is 1170. The number of hydrogen-bond donors (Lipinski definition) is 0. The Morgan fingerprint density at radius 2 is 1.24 bits per heavy atom. The van der Waals surface area contributed by atoms with Crippen molar-refractivity contribution in [1.82, 2.24) is 24.4 Å². The van der Waals surface area contributed by atoms with E-state index in [0.29, 0.717) is 0 Å². The van der Waals surface area contributed by atoms with E-state index in [4.69, 9.17) is 0 Å². The zero-order chi connectivity index (χ0) is 23.2. The van der Waals surface area contributed by atoms with Crippen LogP contribution < -0.4 is 0 Å². The molecule has 0 spiro atoms. The van der Waals surface area contributed by atoms with Crippen molar-refractivity contribution in [2.45, 2.75) is 38.8 Å². The van der Waals surface area contributed by atoms with Crippen molar-refractivity contribution in [2.24, 2.45) is 0 Å². The van der Waals surface area contributed by atoms with Crippen LogP contribution in [0.25, 0.3) is 16.8 Å². The minimum Gasteiger partial charge on any atom is -0.299 e. The molecule has 6 rings (SSSR count). The maximum Gasteiger partial charge on any atom is 0.154 e. The Kier molecular flexibility index (Phi) is 7.69. The van der Waals surface area contributed by atoms with E-state index >= 15 is 0 Å². The number of benzene rings is 2. The van der Waals surface area contributed by atoms with Crippen LogP contribution in [-0.4, -0.2) is 50.6 Å². The lowest BCUT2D eigenvalue weighted by Gasteiger charge is -2.14. The Balaban J connectivity index is 0.000000159. The van der Waals surface area contributed by atoms with Gasteiger partial charge in [-0.15, -0.1) is 0 Å². The van der Waals surface area contributed by atoms with Gasteiger partial charge in [0.15, 0.2) is 5.65 Å². The van der Waals surface area contributed by atoms with Crippen molar-refractivity contribution in [3.8, 4) is 11.1 Å². The first-order chi connectivity index (χ1) is 16.7. The molecule has 4 heterocycles. The van der Waals surface area contributed by atoms with Gasteiger partial charge >= 0.3 is 0 Å². The molecule has 4 aromatic rings. The standard InChI is InChI=1S/C17H18N4.C11H14BrN/c1-2-10-20(9-1)12-14-3-5-15(6-4-14)16-11-18-17-7-8-19-21(17)13-16;12-11-5-3-10(4-6-11)9-13-7-1-2-8-13/h3-8,11,13H,1-2,9-10,12H2;3-6H,1-2,7-9H2. The van der Waals surface area contributed by atoms with E-state index in [1.165, 1.54) is 68.6 Å². The number of likely N-dealkylation sites (tertiary alicyclic amines) is 2. The summed E-state index contributed by atoms with van der Waals surface area (Å²) < 4.78 is 2.98. The van der Waals surface area contributed by atoms with E-state index < -0.39 is 0 Å². The number of hydrogen-bond acceptors (Lipinski definition) is 4. The molecule has 2 saturated heterocycles. The largest absolute Gasteiger partial charge is 0.299 e. The van der Waals surface area contributed by atoms with Crippen LogP contribution in [0.1, 0.15) is 36.8 Å². The molecule has 0 bridgehead atoms. The molecule has 2 aromatic carbocycles. The topological polar surface area (TPSA) is 36.7 Å². The van der Waals surface area contributed by atoms with Crippen LogP contribution in [0.3, 0.4) is 0 Å². The monoisotopic (exact) mass is 517 g/mol. The summed E-state index contributed by atoms with van der Waals surface area (Å²) in [6.45, 7) is 7.21. The average molecular weight is 519 g/mol. The first-order valence-corrected chi connectivity index (χ1v) is 13.1. The first-order valence-electron chi connectivity index (χ1n) is 12.3. The van der Waals surface area contributed by atoms with E-state index in [-0.39, 0.29) is 0 Å². The highest BCUT2D eigenvalue weighted by molar-refractivity contribution is 9.10. The third-order valence-corrected chi connectivity index (χ3v) is 7.19. The number of aromatic nitrogens is 3. The van der Waals surface area contributed by atoms with Gasteiger partial charge in [0.2, 0.25) is 0 Å². The van der Waals surface area contributed by atoms with Crippen LogP contribution in [0.15, 0.2) is 77.7 Å². The van der Waals surface area contributed by atoms with E-state index in [1.54, 1.807) is 6.20 Å². The number of rotatable bonds is 5. The lowest BCUT2D eigenvalue weighted by molar-refractivity contribution is 0.331. The third kappa shape index (κ3) is 6.12. The molecule has 2 aromatic heterocycles. The van der Waals surface area contributed by atoms with Crippen LogP contribution >= 0.6 is 15.9 Å². The van der Waals surface area contributed by atoms with Crippen LogP contribution in [0.2, 0.25) is 0 Å². The van der Waals surface area contributed by atoms with Crippen molar-refractivity contribution in [2.75, 3.05) is 26.2 Å². The van der Waals surface area contributed by atoms with Gasteiger partial charge < -0.3 is 0 Å². The second-order valence-corrected chi connectivity index (χ2v) is 10.2. The molecule has 0 amide bonds. The number of halogens is 1. The van der Waals surface area contributed by atoms with Gasteiger partial charge in [-0.1, -0.05) is 52.3 Å². The summed E-state index contributed by atoms with van der Waals surface area (Å²) in [5, 5.41) is 4.24. The molecule has 0 N–H and O–H groups in total. The van der Waals surface area contributed by atoms with Crippen LogP contribution in [0.4, 0.5) is 0 Å². The van der Waals surface area contributed by atoms with Gasteiger partial charge in [-0.3, -0.25) is 9.80 Å². The third-order valence-electron chi connectivity index (χ3n) is 6.66. The molecule has 0 unspecified atom stereocenters. The molecular formula is C28H32BrN5. The average Bonchev–Trinajstić information content (AvgIpc) is 3.65. The van der Waals surface area contributed by atoms with Crippen molar-refractivity contribution >= 4 is 21.6 Å². The van der Waals surface area contributed by atoms with Crippen molar-refractivity contribution < 1.29 is 0 Å². The summed E-state index contributed by atoms with van der Waals surface area (Å²) in [7, 11) is 0. The zero-order valence-corrected chi connectivity index (χ0v) is 21.2. The summed E-state index contributed by atoms with van der Waals surface area (Å²) in [5.41, 5.74) is 5.97. The molecule has 6 heteroatoms. The van der Waals surface area contributed by atoms with Crippen LogP contribution in [0, 0.1) is 0 Å². The molecule has 176 valence electrons. The van der Waals surface area contributed by atoms with Crippen molar-refractivity contribution in [3.05, 3.63) is 88.8 Å². The number of nitrogens with zero attached hydrogens (tertiary/aromatic N) is 5. The Morgan fingerprint density at radius 3 is 1.82 bits per heavy atom. The summed E-state index contributed by atoms with van der Waals surface area (Å²) in [4.78, 5) is 9.45. The van der Waals surface area contributed by atoms with Gasteiger partial charge in [0, 0.05) is 41.6 Å². The quantitative estimate of drug-likeness (QED) is 0.323.